The van der Waals surface area contributed by atoms with E-state index in [4.69, 9.17) is 16.9 Å². The molecule has 0 radical (unpaired) electrons. The van der Waals surface area contributed by atoms with Gasteiger partial charge in [0.1, 0.15) is 0 Å². The minimum Gasteiger partial charge on any atom is -0.192 e. The zero-order valence-electron chi connectivity index (χ0n) is 6.51. The minimum atomic E-state index is 0.225. The first-order valence-corrected chi connectivity index (χ1v) is 4.77. The van der Waals surface area contributed by atoms with Gasteiger partial charge in [0.25, 0.3) is 0 Å². The quantitative estimate of drug-likeness (QED) is 0.692. The Hall–Kier alpha value is -0.520. The first kappa shape index (κ1) is 9.57. The molecule has 3 heteroatoms. The number of halogens is 2. The smallest absolute Gasteiger partial charge is 0.0992 e. The van der Waals surface area contributed by atoms with Crippen molar-refractivity contribution < 1.29 is 0 Å². The van der Waals surface area contributed by atoms with Gasteiger partial charge in [-0.15, -0.1) is 0 Å². The fourth-order valence-electron chi connectivity index (χ4n) is 0.907. The van der Waals surface area contributed by atoms with Crippen LogP contribution in [-0.4, -0.2) is 0 Å². The number of rotatable bonds is 1. The van der Waals surface area contributed by atoms with Gasteiger partial charge in [-0.05, 0) is 30.7 Å². The molecule has 0 aliphatic rings. The highest BCUT2D eigenvalue weighted by atomic mass is 79.9. The van der Waals surface area contributed by atoms with Crippen LogP contribution in [0.4, 0.5) is 0 Å². The summed E-state index contributed by atoms with van der Waals surface area (Å²) in [5, 5.41) is 9.25. The van der Waals surface area contributed by atoms with Gasteiger partial charge in [0.2, 0.25) is 0 Å². The molecule has 0 amide bonds. The molecule has 0 aliphatic heterocycles. The maximum Gasteiger partial charge on any atom is 0.0992 e. The predicted octanol–water partition coefficient (Wildman–Crippen LogP) is 3.67. The third-order valence-corrected chi connectivity index (χ3v) is 2.26. The summed E-state index contributed by atoms with van der Waals surface area (Å²) in [6, 6.07) is 7.38. The summed E-state index contributed by atoms with van der Waals surface area (Å²) in [5.41, 5.74) is 1.63. The van der Waals surface area contributed by atoms with Crippen molar-refractivity contribution in [3.05, 3.63) is 34.3 Å². The standard InChI is InChI=1S/C9H7BrClN/c1-6(10)8-2-7(5-12)3-9(11)4-8/h2-4,6H,1H3. The van der Waals surface area contributed by atoms with Crippen LogP contribution in [0.25, 0.3) is 0 Å². The van der Waals surface area contributed by atoms with Gasteiger partial charge in [-0.1, -0.05) is 27.5 Å². The molecule has 0 aromatic heterocycles. The molecule has 1 aromatic rings. The number of benzene rings is 1. The van der Waals surface area contributed by atoms with E-state index in [2.05, 4.69) is 22.0 Å². The van der Waals surface area contributed by atoms with E-state index in [0.29, 0.717) is 10.6 Å². The van der Waals surface area contributed by atoms with Crippen molar-refractivity contribution >= 4 is 27.5 Å². The summed E-state index contributed by atoms with van der Waals surface area (Å²) in [6.45, 7) is 1.99. The molecule has 0 saturated heterocycles. The maximum atomic E-state index is 8.64. The Morgan fingerprint density at radius 3 is 2.67 bits per heavy atom. The molecule has 0 saturated carbocycles. The van der Waals surface area contributed by atoms with Crippen LogP contribution >= 0.6 is 27.5 Å². The number of nitriles is 1. The Labute approximate surface area is 85.1 Å². The van der Waals surface area contributed by atoms with Gasteiger partial charge in [-0.2, -0.15) is 5.26 Å². The molecule has 12 heavy (non-hydrogen) atoms. The first-order chi connectivity index (χ1) is 5.63. The van der Waals surface area contributed by atoms with E-state index in [0.717, 1.165) is 5.56 Å². The number of hydrogen-bond acceptors (Lipinski definition) is 1. The summed E-state index contributed by atoms with van der Waals surface area (Å²) in [6.07, 6.45) is 0. The third kappa shape index (κ3) is 2.23. The Morgan fingerprint density at radius 2 is 2.17 bits per heavy atom. The molecule has 0 heterocycles. The van der Waals surface area contributed by atoms with Crippen molar-refractivity contribution in [2.75, 3.05) is 0 Å². The van der Waals surface area contributed by atoms with E-state index >= 15 is 0 Å². The lowest BCUT2D eigenvalue weighted by Crippen LogP contribution is -1.85. The van der Waals surface area contributed by atoms with Gasteiger partial charge < -0.3 is 0 Å². The summed E-state index contributed by atoms with van der Waals surface area (Å²) >= 11 is 9.21. The van der Waals surface area contributed by atoms with E-state index in [1.807, 2.05) is 19.1 Å². The summed E-state index contributed by atoms with van der Waals surface area (Å²) in [7, 11) is 0. The van der Waals surface area contributed by atoms with Gasteiger partial charge in [-0.3, -0.25) is 0 Å². The van der Waals surface area contributed by atoms with Gasteiger partial charge in [0.05, 0.1) is 11.6 Å². The Morgan fingerprint density at radius 1 is 1.50 bits per heavy atom. The molecule has 0 aliphatic carbocycles. The van der Waals surface area contributed by atoms with Crippen LogP contribution in [0.15, 0.2) is 18.2 Å². The van der Waals surface area contributed by atoms with Crippen LogP contribution in [0.5, 0.6) is 0 Å². The average Bonchev–Trinajstić information content (AvgIpc) is 2.03. The molecular weight excluding hydrogens is 237 g/mol. The molecular formula is C9H7BrClN. The molecule has 1 nitrogen and oxygen atoms in total. The lowest BCUT2D eigenvalue weighted by atomic mass is 10.1. The lowest BCUT2D eigenvalue weighted by Gasteiger charge is -2.03. The molecule has 0 spiro atoms. The van der Waals surface area contributed by atoms with Crippen LogP contribution in [0.1, 0.15) is 22.9 Å². The highest BCUT2D eigenvalue weighted by molar-refractivity contribution is 9.09. The fourth-order valence-corrected chi connectivity index (χ4v) is 1.41. The highest BCUT2D eigenvalue weighted by Crippen LogP contribution is 2.25. The number of hydrogen-bond donors (Lipinski definition) is 0. The van der Waals surface area contributed by atoms with Crippen molar-refractivity contribution in [3.8, 4) is 6.07 Å². The first-order valence-electron chi connectivity index (χ1n) is 3.48. The molecule has 62 valence electrons. The van der Waals surface area contributed by atoms with Crippen molar-refractivity contribution in [1.82, 2.24) is 0 Å². The van der Waals surface area contributed by atoms with Crippen LogP contribution in [-0.2, 0) is 0 Å². The molecule has 1 aromatic carbocycles. The van der Waals surface area contributed by atoms with E-state index in [1.54, 1.807) is 6.07 Å². The number of nitrogens with zero attached hydrogens (tertiary/aromatic N) is 1. The Bertz CT molecular complexity index is 328. The normalized spacial score (nSPS) is 12.2. The highest BCUT2D eigenvalue weighted by Gasteiger charge is 2.03. The average molecular weight is 245 g/mol. The molecule has 0 fully saturated rings. The summed E-state index contributed by atoms with van der Waals surface area (Å²) < 4.78 is 0. The second-order valence-corrected chi connectivity index (χ2v) is 4.31. The SMILES string of the molecule is CC(Br)c1cc(Cl)cc(C#N)c1. The second kappa shape index (κ2) is 3.93. The predicted molar refractivity (Wildman–Crippen MR) is 53.5 cm³/mol. The zero-order chi connectivity index (χ0) is 9.14. The van der Waals surface area contributed by atoms with E-state index in [-0.39, 0.29) is 4.83 Å². The van der Waals surface area contributed by atoms with Crippen molar-refractivity contribution in [2.24, 2.45) is 0 Å². The minimum absolute atomic E-state index is 0.225. The lowest BCUT2D eigenvalue weighted by molar-refractivity contribution is 1.12. The molecule has 1 unspecified atom stereocenters. The van der Waals surface area contributed by atoms with E-state index in [9.17, 15) is 0 Å². The van der Waals surface area contributed by atoms with Gasteiger partial charge in [0.15, 0.2) is 0 Å². The summed E-state index contributed by atoms with van der Waals surface area (Å²) in [5.74, 6) is 0. The van der Waals surface area contributed by atoms with Crippen LogP contribution in [0.3, 0.4) is 0 Å². The molecule has 0 bridgehead atoms. The van der Waals surface area contributed by atoms with E-state index in [1.165, 1.54) is 0 Å². The zero-order valence-corrected chi connectivity index (χ0v) is 8.85. The molecule has 1 atom stereocenters. The van der Waals surface area contributed by atoms with Gasteiger partial charge >= 0.3 is 0 Å². The van der Waals surface area contributed by atoms with Gasteiger partial charge in [-0.25, -0.2) is 0 Å². The Kier molecular flexibility index (Phi) is 3.13. The van der Waals surface area contributed by atoms with Crippen LogP contribution in [0, 0.1) is 11.3 Å². The third-order valence-electron chi connectivity index (χ3n) is 1.51. The largest absolute Gasteiger partial charge is 0.192 e. The monoisotopic (exact) mass is 243 g/mol. The van der Waals surface area contributed by atoms with E-state index < -0.39 is 0 Å². The van der Waals surface area contributed by atoms with Crippen molar-refractivity contribution in [3.63, 3.8) is 0 Å². The van der Waals surface area contributed by atoms with Crippen molar-refractivity contribution in [2.45, 2.75) is 11.8 Å². The maximum absolute atomic E-state index is 8.64. The molecule has 0 N–H and O–H groups in total. The summed E-state index contributed by atoms with van der Waals surface area (Å²) in [4.78, 5) is 0.225. The van der Waals surface area contributed by atoms with Crippen molar-refractivity contribution in [1.29, 1.82) is 5.26 Å². The molecule has 1 rings (SSSR count). The number of alkyl halides is 1. The second-order valence-electron chi connectivity index (χ2n) is 2.50. The Balaban J connectivity index is 3.17. The fraction of sp³-hybridized carbons (Fsp3) is 0.222. The van der Waals surface area contributed by atoms with Gasteiger partial charge in [0, 0.05) is 9.85 Å². The topological polar surface area (TPSA) is 23.8 Å². The van der Waals surface area contributed by atoms with Crippen LogP contribution < -0.4 is 0 Å². The van der Waals surface area contributed by atoms with Crippen LogP contribution in [0.2, 0.25) is 5.02 Å².